The van der Waals surface area contributed by atoms with Crippen LogP contribution in [-0.4, -0.2) is 29.6 Å². The third kappa shape index (κ3) is 4.24. The molecular weight excluding hydrogens is 250 g/mol. The van der Waals surface area contributed by atoms with Gasteiger partial charge in [0.25, 0.3) is 0 Å². The van der Waals surface area contributed by atoms with Crippen LogP contribution in [-0.2, 0) is 20.7 Å². The molecule has 1 atom stereocenters. The molecule has 0 radical (unpaired) electrons. The average molecular weight is 267 g/mol. The Morgan fingerprint density at radius 3 is 2.58 bits per heavy atom. The van der Waals surface area contributed by atoms with Crippen LogP contribution in [0, 0.1) is 0 Å². The molecule has 0 amide bonds. The number of carbonyl (C=O) groups is 2. The van der Waals surface area contributed by atoms with Crippen molar-refractivity contribution in [1.82, 2.24) is 4.98 Å². The molecule has 19 heavy (non-hydrogen) atoms. The molecule has 0 aliphatic heterocycles. The van der Waals surface area contributed by atoms with Crippen molar-refractivity contribution in [2.45, 2.75) is 33.3 Å². The van der Waals surface area contributed by atoms with Gasteiger partial charge >= 0.3 is 11.9 Å². The molecule has 6 nitrogen and oxygen atoms in total. The number of carbonyl (C=O) groups excluding carboxylic acids is 2. The lowest BCUT2D eigenvalue weighted by atomic mass is 10.2. The van der Waals surface area contributed by atoms with E-state index >= 15 is 0 Å². The molecule has 0 saturated heterocycles. The maximum atomic E-state index is 11.8. The van der Waals surface area contributed by atoms with E-state index < -0.39 is 18.0 Å². The van der Waals surface area contributed by atoms with E-state index in [1.165, 1.54) is 13.0 Å². The van der Waals surface area contributed by atoms with Crippen LogP contribution in [0.3, 0.4) is 0 Å². The number of hydrogen-bond donors (Lipinski definition) is 1. The normalized spacial score (nSPS) is 11.7. The van der Waals surface area contributed by atoms with E-state index in [9.17, 15) is 14.4 Å². The molecule has 1 rings (SSSR count). The molecule has 0 aliphatic carbocycles. The number of pyridine rings is 1. The summed E-state index contributed by atoms with van der Waals surface area (Å²) in [6.07, 6.45) is -0.416. The minimum absolute atomic E-state index is 0.122. The van der Waals surface area contributed by atoms with E-state index in [0.29, 0.717) is 12.1 Å². The predicted octanol–water partition coefficient (Wildman–Crippen LogP) is 1.05. The average Bonchev–Trinajstić information content (AvgIpc) is 2.38. The summed E-state index contributed by atoms with van der Waals surface area (Å²) in [5.41, 5.74) is 0.370. The number of aromatic amines is 1. The lowest BCUT2D eigenvalue weighted by Gasteiger charge is -2.12. The first-order chi connectivity index (χ1) is 8.97. The maximum absolute atomic E-state index is 11.8. The van der Waals surface area contributed by atoms with Gasteiger partial charge in [0, 0.05) is 11.8 Å². The first-order valence-corrected chi connectivity index (χ1v) is 6.08. The topological polar surface area (TPSA) is 85.5 Å². The van der Waals surface area contributed by atoms with Crippen LogP contribution in [0.15, 0.2) is 16.9 Å². The number of H-pyrrole nitrogens is 1. The van der Waals surface area contributed by atoms with E-state index in [2.05, 4.69) is 4.98 Å². The second-order valence-corrected chi connectivity index (χ2v) is 3.91. The van der Waals surface area contributed by atoms with E-state index in [1.54, 1.807) is 6.92 Å². The summed E-state index contributed by atoms with van der Waals surface area (Å²) < 4.78 is 9.66. The van der Waals surface area contributed by atoms with Crippen LogP contribution in [0.1, 0.15) is 36.8 Å². The fraction of sp³-hybridized carbons (Fsp3) is 0.462. The number of rotatable bonds is 5. The zero-order valence-electron chi connectivity index (χ0n) is 11.2. The second kappa shape index (κ2) is 6.72. The van der Waals surface area contributed by atoms with Crippen molar-refractivity contribution in [1.29, 1.82) is 0 Å². The maximum Gasteiger partial charge on any atom is 0.347 e. The summed E-state index contributed by atoms with van der Waals surface area (Å²) in [4.78, 5) is 37.1. The molecule has 0 unspecified atom stereocenters. The fourth-order valence-corrected chi connectivity index (χ4v) is 1.45. The number of hydrogen-bond acceptors (Lipinski definition) is 5. The van der Waals surface area contributed by atoms with Crippen LogP contribution in [0.4, 0.5) is 0 Å². The van der Waals surface area contributed by atoms with Gasteiger partial charge in [-0.05, 0) is 26.3 Å². The van der Waals surface area contributed by atoms with Gasteiger partial charge in [-0.3, -0.25) is 4.79 Å². The SMILES string of the molecule is CCOC(=O)[C@H](C)OC(=O)c1cc(CC)[nH]c(=O)c1. The van der Waals surface area contributed by atoms with Gasteiger partial charge < -0.3 is 14.5 Å². The molecular formula is C13H17NO5. The lowest BCUT2D eigenvalue weighted by Crippen LogP contribution is -2.27. The summed E-state index contributed by atoms with van der Waals surface area (Å²) in [7, 11) is 0. The molecule has 1 aromatic rings. The van der Waals surface area contributed by atoms with Gasteiger partial charge in [0.05, 0.1) is 12.2 Å². The molecule has 0 fully saturated rings. The van der Waals surface area contributed by atoms with Gasteiger partial charge in [-0.1, -0.05) is 6.92 Å². The zero-order chi connectivity index (χ0) is 14.4. The summed E-state index contributed by atoms with van der Waals surface area (Å²) >= 11 is 0. The number of nitrogens with one attached hydrogen (secondary N) is 1. The van der Waals surface area contributed by atoms with Crippen LogP contribution < -0.4 is 5.56 Å². The number of ether oxygens (including phenoxy) is 2. The van der Waals surface area contributed by atoms with Crippen molar-refractivity contribution >= 4 is 11.9 Å². The minimum atomic E-state index is -1.00. The van der Waals surface area contributed by atoms with Gasteiger partial charge in [-0.25, -0.2) is 9.59 Å². The number of aromatic nitrogens is 1. The number of aryl methyl sites for hydroxylation is 1. The molecule has 104 valence electrons. The molecule has 0 aliphatic rings. The van der Waals surface area contributed by atoms with E-state index in [0.717, 1.165) is 6.07 Å². The highest BCUT2D eigenvalue weighted by molar-refractivity contribution is 5.91. The van der Waals surface area contributed by atoms with E-state index in [1.807, 2.05) is 6.92 Å². The van der Waals surface area contributed by atoms with Crippen molar-refractivity contribution in [3.05, 3.63) is 33.7 Å². The monoisotopic (exact) mass is 267 g/mol. The largest absolute Gasteiger partial charge is 0.463 e. The van der Waals surface area contributed by atoms with Gasteiger partial charge in [0.2, 0.25) is 5.56 Å². The van der Waals surface area contributed by atoms with Crippen molar-refractivity contribution in [3.8, 4) is 0 Å². The van der Waals surface area contributed by atoms with Gasteiger partial charge in [0.15, 0.2) is 6.10 Å². The Labute approximate surface area is 110 Å². The van der Waals surface area contributed by atoms with Crippen LogP contribution in [0.2, 0.25) is 0 Å². The Kier molecular flexibility index (Phi) is 5.29. The molecule has 1 aromatic heterocycles. The smallest absolute Gasteiger partial charge is 0.347 e. The second-order valence-electron chi connectivity index (χ2n) is 3.91. The molecule has 0 aromatic carbocycles. The Balaban J connectivity index is 2.81. The molecule has 0 bridgehead atoms. The molecule has 0 saturated carbocycles. The molecule has 1 N–H and O–H groups in total. The van der Waals surface area contributed by atoms with E-state index in [4.69, 9.17) is 9.47 Å². The summed E-state index contributed by atoms with van der Waals surface area (Å²) in [6.45, 7) is 5.15. The molecule has 6 heteroatoms. The van der Waals surface area contributed by atoms with E-state index in [-0.39, 0.29) is 17.7 Å². The number of esters is 2. The van der Waals surface area contributed by atoms with Crippen molar-refractivity contribution in [2.75, 3.05) is 6.61 Å². The van der Waals surface area contributed by atoms with Crippen LogP contribution >= 0.6 is 0 Å². The highest BCUT2D eigenvalue weighted by Gasteiger charge is 2.20. The predicted molar refractivity (Wildman–Crippen MR) is 68.0 cm³/mol. The van der Waals surface area contributed by atoms with Gasteiger partial charge in [0.1, 0.15) is 0 Å². The quantitative estimate of drug-likeness (QED) is 0.806. The Morgan fingerprint density at radius 2 is 2.00 bits per heavy atom. The molecule has 0 spiro atoms. The highest BCUT2D eigenvalue weighted by Crippen LogP contribution is 2.05. The summed E-state index contributed by atoms with van der Waals surface area (Å²) in [5.74, 6) is -1.34. The third-order valence-corrected chi connectivity index (χ3v) is 2.42. The fourth-order valence-electron chi connectivity index (χ4n) is 1.45. The molecule has 1 heterocycles. The first-order valence-electron chi connectivity index (χ1n) is 6.08. The summed E-state index contributed by atoms with van der Waals surface area (Å²) in [5, 5.41) is 0. The van der Waals surface area contributed by atoms with Crippen molar-refractivity contribution in [2.24, 2.45) is 0 Å². The minimum Gasteiger partial charge on any atom is -0.463 e. The Hall–Kier alpha value is -2.11. The van der Waals surface area contributed by atoms with Crippen LogP contribution in [0.25, 0.3) is 0 Å². The summed E-state index contributed by atoms with van der Waals surface area (Å²) in [6, 6.07) is 2.67. The van der Waals surface area contributed by atoms with Crippen LogP contribution in [0.5, 0.6) is 0 Å². The Bertz CT molecular complexity index is 520. The lowest BCUT2D eigenvalue weighted by molar-refractivity contribution is -0.152. The van der Waals surface area contributed by atoms with Gasteiger partial charge in [-0.15, -0.1) is 0 Å². The highest BCUT2D eigenvalue weighted by atomic mass is 16.6. The van der Waals surface area contributed by atoms with Crippen molar-refractivity contribution < 1.29 is 19.1 Å². The zero-order valence-corrected chi connectivity index (χ0v) is 11.2. The standard InChI is InChI=1S/C13H17NO5/c1-4-10-6-9(7-11(15)14-10)13(17)19-8(3)12(16)18-5-2/h6-8H,4-5H2,1-3H3,(H,14,15)/t8-/m0/s1. The Morgan fingerprint density at radius 1 is 1.32 bits per heavy atom. The van der Waals surface area contributed by atoms with Gasteiger partial charge in [-0.2, -0.15) is 0 Å². The van der Waals surface area contributed by atoms with Crippen molar-refractivity contribution in [3.63, 3.8) is 0 Å². The third-order valence-electron chi connectivity index (χ3n) is 2.42. The first kappa shape index (κ1) is 14.9.